The van der Waals surface area contributed by atoms with E-state index in [9.17, 15) is 18.0 Å². The normalized spacial score (nSPS) is 11.5. The second-order valence-electron chi connectivity index (χ2n) is 4.97. The summed E-state index contributed by atoms with van der Waals surface area (Å²) in [5.74, 6) is 0.000596. The SMILES string of the molecule is CCCCC(=O)Nc1nnc(SCc2ccccc2C(F)(F)F)s1. The standard InChI is InChI=1S/C15H16F3N3OS2/c1-2-3-8-12(22)19-13-20-21-14(24-13)23-9-10-6-4-5-7-11(10)15(16,17)18/h4-7H,2-3,8-9H2,1H3,(H,19,20,22). The maximum absolute atomic E-state index is 12.9. The summed E-state index contributed by atoms with van der Waals surface area (Å²) in [6, 6.07) is 5.45. The molecule has 0 aliphatic rings. The smallest absolute Gasteiger partial charge is 0.301 e. The quantitative estimate of drug-likeness (QED) is 0.548. The molecule has 1 aromatic carbocycles. The number of carbonyl (C=O) groups is 1. The Labute approximate surface area is 145 Å². The number of nitrogens with zero attached hydrogens (tertiary/aromatic N) is 2. The molecule has 9 heteroatoms. The van der Waals surface area contributed by atoms with E-state index in [-0.39, 0.29) is 17.2 Å². The second kappa shape index (κ2) is 8.48. The Bertz CT molecular complexity index is 689. The molecule has 0 saturated carbocycles. The Kier molecular flexibility index (Phi) is 6.61. The summed E-state index contributed by atoms with van der Waals surface area (Å²) in [6.45, 7) is 1.99. The van der Waals surface area contributed by atoms with Crippen LogP contribution in [0.4, 0.5) is 18.3 Å². The molecule has 4 nitrogen and oxygen atoms in total. The van der Waals surface area contributed by atoms with Gasteiger partial charge in [0.1, 0.15) is 0 Å². The van der Waals surface area contributed by atoms with E-state index in [0.29, 0.717) is 15.9 Å². The van der Waals surface area contributed by atoms with Gasteiger partial charge >= 0.3 is 6.18 Å². The minimum Gasteiger partial charge on any atom is -0.301 e. The van der Waals surface area contributed by atoms with Crippen LogP contribution in [-0.2, 0) is 16.7 Å². The van der Waals surface area contributed by atoms with E-state index in [4.69, 9.17) is 0 Å². The van der Waals surface area contributed by atoms with Crippen molar-refractivity contribution < 1.29 is 18.0 Å². The molecule has 0 aliphatic heterocycles. The lowest BCUT2D eigenvalue weighted by Crippen LogP contribution is -2.10. The number of halogens is 3. The number of hydrogen-bond acceptors (Lipinski definition) is 5. The maximum atomic E-state index is 12.9. The Balaban J connectivity index is 1.96. The number of hydrogen-bond donors (Lipinski definition) is 1. The molecule has 1 heterocycles. The Hall–Kier alpha value is -1.61. The van der Waals surface area contributed by atoms with Crippen molar-refractivity contribution in [3.63, 3.8) is 0 Å². The average molecular weight is 375 g/mol. The number of alkyl halides is 3. The van der Waals surface area contributed by atoms with Crippen molar-refractivity contribution in [3.05, 3.63) is 35.4 Å². The summed E-state index contributed by atoms with van der Waals surface area (Å²) in [5, 5.41) is 10.7. The zero-order valence-corrected chi connectivity index (χ0v) is 14.5. The minimum absolute atomic E-state index is 0.132. The van der Waals surface area contributed by atoms with Gasteiger partial charge in [0.25, 0.3) is 0 Å². The monoisotopic (exact) mass is 375 g/mol. The number of carbonyl (C=O) groups excluding carboxylic acids is 1. The average Bonchev–Trinajstić information content (AvgIpc) is 2.97. The largest absolute Gasteiger partial charge is 0.416 e. The molecule has 0 radical (unpaired) electrons. The van der Waals surface area contributed by atoms with E-state index >= 15 is 0 Å². The van der Waals surface area contributed by atoms with Crippen LogP contribution in [0.1, 0.15) is 37.3 Å². The lowest BCUT2D eigenvalue weighted by Gasteiger charge is -2.11. The van der Waals surface area contributed by atoms with Gasteiger partial charge in [-0.2, -0.15) is 13.2 Å². The second-order valence-corrected chi connectivity index (χ2v) is 7.17. The molecule has 130 valence electrons. The molecular formula is C15H16F3N3OS2. The van der Waals surface area contributed by atoms with Gasteiger partial charge in [0.05, 0.1) is 5.56 Å². The topological polar surface area (TPSA) is 54.9 Å². The van der Waals surface area contributed by atoms with Crippen LogP contribution in [-0.4, -0.2) is 16.1 Å². The molecule has 2 aromatic rings. The number of anilines is 1. The van der Waals surface area contributed by atoms with Gasteiger partial charge in [-0.15, -0.1) is 10.2 Å². The number of aromatic nitrogens is 2. The fourth-order valence-corrected chi connectivity index (χ4v) is 3.67. The van der Waals surface area contributed by atoms with Gasteiger partial charge in [-0.25, -0.2) is 0 Å². The predicted octanol–water partition coefficient (Wildman–Crippen LogP) is 4.98. The van der Waals surface area contributed by atoms with Crippen LogP contribution < -0.4 is 5.32 Å². The number of amides is 1. The first-order chi connectivity index (χ1) is 11.4. The third kappa shape index (κ3) is 5.48. The van der Waals surface area contributed by atoms with Gasteiger partial charge in [-0.1, -0.05) is 54.6 Å². The van der Waals surface area contributed by atoms with Crippen molar-refractivity contribution in [2.45, 2.75) is 42.5 Å². The molecule has 0 aliphatic carbocycles. The van der Waals surface area contributed by atoms with Crippen molar-refractivity contribution in [3.8, 4) is 0 Å². The maximum Gasteiger partial charge on any atom is 0.416 e. The van der Waals surface area contributed by atoms with Crippen LogP contribution in [0, 0.1) is 0 Å². The highest BCUT2D eigenvalue weighted by molar-refractivity contribution is 8.00. The molecule has 24 heavy (non-hydrogen) atoms. The van der Waals surface area contributed by atoms with Crippen molar-refractivity contribution in [1.82, 2.24) is 10.2 Å². The van der Waals surface area contributed by atoms with Gasteiger partial charge in [0.15, 0.2) is 4.34 Å². The summed E-state index contributed by atoms with van der Waals surface area (Å²) >= 11 is 2.32. The zero-order chi connectivity index (χ0) is 17.6. The first-order valence-electron chi connectivity index (χ1n) is 7.31. The molecule has 0 saturated heterocycles. The first kappa shape index (κ1) is 18.7. The van der Waals surface area contributed by atoms with Gasteiger partial charge < -0.3 is 5.32 Å². The van der Waals surface area contributed by atoms with E-state index in [1.54, 1.807) is 6.07 Å². The van der Waals surface area contributed by atoms with Crippen LogP contribution in [0.3, 0.4) is 0 Å². The van der Waals surface area contributed by atoms with Gasteiger partial charge in [0, 0.05) is 12.2 Å². The van der Waals surface area contributed by atoms with E-state index in [0.717, 1.165) is 42.0 Å². The van der Waals surface area contributed by atoms with Gasteiger partial charge in [-0.3, -0.25) is 4.79 Å². The lowest BCUT2D eigenvalue weighted by molar-refractivity contribution is -0.138. The van der Waals surface area contributed by atoms with Crippen molar-refractivity contribution in [2.75, 3.05) is 5.32 Å². The van der Waals surface area contributed by atoms with Gasteiger partial charge in [-0.05, 0) is 18.1 Å². The Morgan fingerprint density at radius 3 is 2.75 bits per heavy atom. The van der Waals surface area contributed by atoms with Crippen LogP contribution in [0.15, 0.2) is 28.6 Å². The van der Waals surface area contributed by atoms with Crippen LogP contribution in [0.2, 0.25) is 0 Å². The fourth-order valence-electron chi connectivity index (χ4n) is 1.90. The van der Waals surface area contributed by atoms with Crippen LogP contribution in [0.25, 0.3) is 0 Å². The highest BCUT2D eigenvalue weighted by Crippen LogP contribution is 2.35. The summed E-state index contributed by atoms with van der Waals surface area (Å²) in [6.07, 6.45) is -2.25. The molecule has 0 fully saturated rings. The van der Waals surface area contributed by atoms with Crippen molar-refractivity contribution in [2.24, 2.45) is 0 Å². The summed E-state index contributed by atoms with van der Waals surface area (Å²) in [5.41, 5.74) is -0.450. The zero-order valence-electron chi connectivity index (χ0n) is 12.9. The number of unbranched alkanes of at least 4 members (excludes halogenated alkanes) is 1. The molecule has 1 N–H and O–H groups in total. The molecule has 0 spiro atoms. The van der Waals surface area contributed by atoms with Gasteiger partial charge in [0.2, 0.25) is 11.0 Å². The third-order valence-electron chi connectivity index (χ3n) is 3.08. The molecule has 1 amide bonds. The van der Waals surface area contributed by atoms with Crippen LogP contribution in [0.5, 0.6) is 0 Å². The number of rotatable bonds is 7. The van der Waals surface area contributed by atoms with Crippen molar-refractivity contribution >= 4 is 34.1 Å². The summed E-state index contributed by atoms with van der Waals surface area (Å²) < 4.78 is 39.3. The van der Waals surface area contributed by atoms with E-state index < -0.39 is 11.7 Å². The van der Waals surface area contributed by atoms with E-state index in [2.05, 4.69) is 15.5 Å². The molecular weight excluding hydrogens is 359 g/mol. The molecule has 0 unspecified atom stereocenters. The predicted molar refractivity (Wildman–Crippen MR) is 89.1 cm³/mol. The minimum atomic E-state index is -4.38. The Morgan fingerprint density at radius 1 is 1.29 bits per heavy atom. The summed E-state index contributed by atoms with van der Waals surface area (Å²) in [4.78, 5) is 11.6. The number of nitrogens with one attached hydrogen (secondary N) is 1. The number of benzene rings is 1. The van der Waals surface area contributed by atoms with Crippen LogP contribution >= 0.6 is 23.1 Å². The highest BCUT2D eigenvalue weighted by atomic mass is 32.2. The Morgan fingerprint density at radius 2 is 2.04 bits per heavy atom. The van der Waals surface area contributed by atoms with E-state index in [1.807, 2.05) is 6.92 Å². The number of thioether (sulfide) groups is 1. The lowest BCUT2D eigenvalue weighted by atomic mass is 10.1. The molecule has 0 bridgehead atoms. The highest BCUT2D eigenvalue weighted by Gasteiger charge is 2.32. The molecule has 2 rings (SSSR count). The first-order valence-corrected chi connectivity index (χ1v) is 9.11. The summed E-state index contributed by atoms with van der Waals surface area (Å²) in [7, 11) is 0. The third-order valence-corrected chi connectivity index (χ3v) is 5.10. The fraction of sp³-hybridized carbons (Fsp3) is 0.400. The van der Waals surface area contributed by atoms with Crippen molar-refractivity contribution in [1.29, 1.82) is 0 Å². The molecule has 1 aromatic heterocycles. The van der Waals surface area contributed by atoms with E-state index in [1.165, 1.54) is 12.1 Å². The molecule has 0 atom stereocenters.